The van der Waals surface area contributed by atoms with Crippen LogP contribution >= 0.6 is 15.9 Å². The lowest BCUT2D eigenvalue weighted by molar-refractivity contribution is -0.137. The normalized spacial score (nSPS) is 13.8. The molecule has 1 aromatic rings. The molecule has 0 saturated carbocycles. The summed E-state index contributed by atoms with van der Waals surface area (Å²) in [6.07, 6.45) is -3.34. The molecule has 18 heavy (non-hydrogen) atoms. The number of alkyl halides is 3. The third kappa shape index (κ3) is 4.52. The summed E-state index contributed by atoms with van der Waals surface area (Å²) in [5.41, 5.74) is 0.0487. The van der Waals surface area contributed by atoms with Crippen LogP contribution in [0.4, 0.5) is 18.9 Å². The molecule has 1 rings (SSSR count). The van der Waals surface area contributed by atoms with Gasteiger partial charge in [0.15, 0.2) is 0 Å². The number of halogens is 4. The lowest BCUT2D eigenvalue weighted by Crippen LogP contribution is -2.18. The maximum atomic E-state index is 12.5. The van der Waals surface area contributed by atoms with Crippen LogP contribution in [-0.2, 0) is 6.18 Å². The van der Waals surface area contributed by atoms with Gasteiger partial charge in [0.1, 0.15) is 0 Å². The number of nitrogens with one attached hydrogen (secondary N) is 1. The van der Waals surface area contributed by atoms with Crippen molar-refractivity contribution in [3.05, 3.63) is 28.2 Å². The summed E-state index contributed by atoms with van der Waals surface area (Å²) in [4.78, 5) is 0. The lowest BCUT2D eigenvalue weighted by Gasteiger charge is -2.19. The zero-order chi connectivity index (χ0) is 13.9. The third-order valence-electron chi connectivity index (χ3n) is 2.52. The Hall–Kier alpha value is -0.710. The molecule has 0 bridgehead atoms. The molecule has 1 aromatic carbocycles. The fourth-order valence-electron chi connectivity index (χ4n) is 1.84. The predicted molar refractivity (Wildman–Crippen MR) is 71.7 cm³/mol. The summed E-state index contributed by atoms with van der Waals surface area (Å²) in [6.45, 7) is 6.24. The maximum absolute atomic E-state index is 12.5. The van der Waals surface area contributed by atoms with Crippen LogP contribution in [0, 0.1) is 5.92 Å². The van der Waals surface area contributed by atoms with Crippen molar-refractivity contribution in [3.8, 4) is 0 Å². The Morgan fingerprint density at radius 2 is 1.83 bits per heavy atom. The van der Waals surface area contributed by atoms with Crippen LogP contribution in [0.2, 0.25) is 0 Å². The zero-order valence-corrected chi connectivity index (χ0v) is 12.2. The summed E-state index contributed by atoms with van der Waals surface area (Å²) in [7, 11) is 0. The fourth-order valence-corrected chi connectivity index (χ4v) is 2.33. The molecule has 0 aliphatic heterocycles. The van der Waals surface area contributed by atoms with Crippen molar-refractivity contribution in [2.75, 3.05) is 5.32 Å². The van der Waals surface area contributed by atoms with Gasteiger partial charge >= 0.3 is 6.18 Å². The number of rotatable bonds is 4. The lowest BCUT2D eigenvalue weighted by atomic mass is 10.0. The molecule has 1 unspecified atom stereocenters. The SMILES string of the molecule is CC(C)CC(C)Nc1ccc(C(F)(F)F)cc1Br. The van der Waals surface area contributed by atoms with Gasteiger partial charge in [-0.05, 0) is 53.4 Å². The molecular weight excluding hydrogens is 307 g/mol. The van der Waals surface area contributed by atoms with Crippen LogP contribution in [0.1, 0.15) is 32.8 Å². The van der Waals surface area contributed by atoms with E-state index in [1.54, 1.807) is 0 Å². The van der Waals surface area contributed by atoms with Gasteiger partial charge < -0.3 is 5.32 Å². The van der Waals surface area contributed by atoms with Crippen molar-refractivity contribution in [2.45, 2.75) is 39.4 Å². The van der Waals surface area contributed by atoms with Gasteiger partial charge in [0.25, 0.3) is 0 Å². The van der Waals surface area contributed by atoms with Gasteiger partial charge in [0.2, 0.25) is 0 Å². The summed E-state index contributed by atoms with van der Waals surface area (Å²) < 4.78 is 37.9. The summed E-state index contributed by atoms with van der Waals surface area (Å²) in [5.74, 6) is 0.542. The highest BCUT2D eigenvalue weighted by Crippen LogP contribution is 2.34. The van der Waals surface area contributed by atoms with E-state index in [0.717, 1.165) is 18.6 Å². The minimum atomic E-state index is -4.30. The van der Waals surface area contributed by atoms with Crippen molar-refractivity contribution in [1.29, 1.82) is 0 Å². The Labute approximate surface area is 114 Å². The fraction of sp³-hybridized carbons (Fsp3) is 0.538. The first kappa shape index (κ1) is 15.3. The molecule has 102 valence electrons. The topological polar surface area (TPSA) is 12.0 Å². The van der Waals surface area contributed by atoms with Gasteiger partial charge in [0, 0.05) is 16.2 Å². The molecular formula is C13H17BrF3N. The molecule has 5 heteroatoms. The third-order valence-corrected chi connectivity index (χ3v) is 3.18. The van der Waals surface area contributed by atoms with E-state index >= 15 is 0 Å². The molecule has 1 N–H and O–H groups in total. The Balaban J connectivity index is 2.80. The van der Waals surface area contributed by atoms with E-state index < -0.39 is 11.7 Å². The van der Waals surface area contributed by atoms with Gasteiger partial charge in [-0.25, -0.2) is 0 Å². The second-order valence-electron chi connectivity index (χ2n) is 4.87. The highest BCUT2D eigenvalue weighted by Gasteiger charge is 2.30. The Morgan fingerprint density at radius 3 is 2.28 bits per heavy atom. The van der Waals surface area contributed by atoms with Crippen molar-refractivity contribution < 1.29 is 13.2 Å². The number of anilines is 1. The van der Waals surface area contributed by atoms with E-state index in [9.17, 15) is 13.2 Å². The maximum Gasteiger partial charge on any atom is 0.416 e. The number of hydrogen-bond acceptors (Lipinski definition) is 1. The second-order valence-corrected chi connectivity index (χ2v) is 5.72. The van der Waals surface area contributed by atoms with Crippen molar-refractivity contribution >= 4 is 21.6 Å². The van der Waals surface area contributed by atoms with Crippen LogP contribution < -0.4 is 5.32 Å². The first-order valence-corrected chi connectivity index (χ1v) is 6.62. The molecule has 0 saturated heterocycles. The monoisotopic (exact) mass is 323 g/mol. The van der Waals surface area contributed by atoms with Crippen LogP contribution in [0.5, 0.6) is 0 Å². The first-order valence-electron chi connectivity index (χ1n) is 5.83. The molecule has 0 fully saturated rings. The van der Waals surface area contributed by atoms with Crippen molar-refractivity contribution in [1.82, 2.24) is 0 Å². The Kier molecular flexibility index (Phi) is 5.08. The van der Waals surface area contributed by atoms with Crippen LogP contribution in [-0.4, -0.2) is 6.04 Å². The van der Waals surface area contributed by atoms with Gasteiger partial charge in [-0.1, -0.05) is 13.8 Å². The molecule has 0 heterocycles. The van der Waals surface area contributed by atoms with Gasteiger partial charge in [-0.3, -0.25) is 0 Å². The molecule has 0 spiro atoms. The van der Waals surface area contributed by atoms with Gasteiger partial charge in [-0.15, -0.1) is 0 Å². The molecule has 0 aromatic heterocycles. The van der Waals surface area contributed by atoms with Crippen LogP contribution in [0.3, 0.4) is 0 Å². The number of benzene rings is 1. The van der Waals surface area contributed by atoms with E-state index in [2.05, 4.69) is 35.1 Å². The largest absolute Gasteiger partial charge is 0.416 e. The standard InChI is InChI=1S/C13H17BrF3N/c1-8(2)6-9(3)18-12-5-4-10(7-11(12)14)13(15,16)17/h4-5,7-9,18H,6H2,1-3H3. The smallest absolute Gasteiger partial charge is 0.382 e. The summed E-state index contributed by atoms with van der Waals surface area (Å²) in [5, 5.41) is 3.21. The average Bonchev–Trinajstić information content (AvgIpc) is 2.18. The predicted octanol–water partition coefficient (Wildman–Crippen LogP) is 5.31. The second kappa shape index (κ2) is 5.95. The molecule has 0 aliphatic rings. The van der Waals surface area contributed by atoms with Gasteiger partial charge in [0.05, 0.1) is 5.56 Å². The molecule has 0 aliphatic carbocycles. The highest BCUT2D eigenvalue weighted by atomic mass is 79.9. The Morgan fingerprint density at radius 1 is 1.22 bits per heavy atom. The van der Waals surface area contributed by atoms with E-state index in [0.29, 0.717) is 16.1 Å². The zero-order valence-electron chi connectivity index (χ0n) is 10.6. The van der Waals surface area contributed by atoms with Crippen molar-refractivity contribution in [2.24, 2.45) is 5.92 Å². The van der Waals surface area contributed by atoms with Crippen LogP contribution in [0.15, 0.2) is 22.7 Å². The van der Waals surface area contributed by atoms with Gasteiger partial charge in [-0.2, -0.15) is 13.2 Å². The Bertz CT molecular complexity index is 402. The summed E-state index contributed by atoms with van der Waals surface area (Å²) >= 11 is 3.17. The molecule has 1 atom stereocenters. The first-order chi connectivity index (χ1) is 8.20. The van der Waals surface area contributed by atoms with Crippen LogP contribution in [0.25, 0.3) is 0 Å². The quantitative estimate of drug-likeness (QED) is 0.791. The van der Waals surface area contributed by atoms with E-state index in [1.807, 2.05) is 6.92 Å². The summed E-state index contributed by atoms with van der Waals surface area (Å²) in [6, 6.07) is 3.88. The van der Waals surface area contributed by atoms with E-state index in [4.69, 9.17) is 0 Å². The molecule has 0 amide bonds. The van der Waals surface area contributed by atoms with Crippen molar-refractivity contribution in [3.63, 3.8) is 0 Å². The minimum Gasteiger partial charge on any atom is -0.382 e. The molecule has 1 nitrogen and oxygen atoms in total. The average molecular weight is 324 g/mol. The molecule has 0 radical (unpaired) electrons. The van der Waals surface area contributed by atoms with E-state index in [1.165, 1.54) is 6.07 Å². The highest BCUT2D eigenvalue weighted by molar-refractivity contribution is 9.10. The van der Waals surface area contributed by atoms with E-state index in [-0.39, 0.29) is 6.04 Å². The number of hydrogen-bond donors (Lipinski definition) is 1. The minimum absolute atomic E-state index is 0.220.